The van der Waals surface area contributed by atoms with Crippen LogP contribution in [0.15, 0.2) is 0 Å². The Labute approximate surface area is 123 Å². The van der Waals surface area contributed by atoms with E-state index in [0.717, 1.165) is 0 Å². The number of hydrogen-bond acceptors (Lipinski definition) is 5. The van der Waals surface area contributed by atoms with Crippen LogP contribution < -0.4 is 0 Å². The lowest BCUT2D eigenvalue weighted by molar-refractivity contribution is -0.156. The molecule has 0 unspecified atom stereocenters. The second-order valence-electron chi connectivity index (χ2n) is 6.13. The van der Waals surface area contributed by atoms with Crippen molar-refractivity contribution in [2.24, 2.45) is 0 Å². The summed E-state index contributed by atoms with van der Waals surface area (Å²) in [4.78, 5) is 11.9. The molecular formula is C14H30O5Si. The highest BCUT2D eigenvalue weighted by Gasteiger charge is 2.49. The Kier molecular flexibility index (Phi) is 7.94. The van der Waals surface area contributed by atoms with Crippen LogP contribution in [0, 0.1) is 0 Å². The number of ether oxygens (including phenoxy) is 1. The summed E-state index contributed by atoms with van der Waals surface area (Å²) in [5.41, 5.74) is 0.835. The number of carbonyl (C=O) groups excluding carboxylic acids is 1. The SMILES string of the molecule is COC(=O)[C@H](O[Si](C(C)C)(C(C)C)C(C)C)[C@@H](O)CO. The van der Waals surface area contributed by atoms with Crippen molar-refractivity contribution in [1.29, 1.82) is 0 Å². The van der Waals surface area contributed by atoms with E-state index in [9.17, 15) is 9.90 Å². The molecule has 0 aliphatic carbocycles. The molecule has 0 amide bonds. The van der Waals surface area contributed by atoms with Crippen LogP contribution in [0.25, 0.3) is 0 Å². The molecule has 0 fully saturated rings. The van der Waals surface area contributed by atoms with E-state index < -0.39 is 33.1 Å². The number of methoxy groups -OCH3 is 1. The van der Waals surface area contributed by atoms with Gasteiger partial charge in [-0.2, -0.15) is 0 Å². The van der Waals surface area contributed by atoms with Gasteiger partial charge in [0.1, 0.15) is 6.10 Å². The van der Waals surface area contributed by atoms with Crippen LogP contribution in [-0.4, -0.2) is 50.4 Å². The highest BCUT2D eigenvalue weighted by molar-refractivity contribution is 6.77. The zero-order valence-corrected chi connectivity index (χ0v) is 14.7. The second-order valence-corrected chi connectivity index (χ2v) is 11.5. The minimum absolute atomic E-state index is 0.278. The first kappa shape index (κ1) is 19.6. The number of aliphatic hydroxyl groups excluding tert-OH is 2. The standard InChI is InChI=1S/C14H30O5Si/c1-9(2)20(10(3)4,11(5)6)19-13(12(16)8-15)14(17)18-7/h9-13,15-16H,8H2,1-7H3/t12-,13+/m0/s1. The predicted molar refractivity (Wildman–Crippen MR) is 81.0 cm³/mol. The Hall–Kier alpha value is -0.433. The minimum Gasteiger partial charge on any atom is -0.467 e. The quantitative estimate of drug-likeness (QED) is 0.530. The van der Waals surface area contributed by atoms with Crippen molar-refractivity contribution in [2.45, 2.75) is 70.4 Å². The molecule has 0 spiro atoms. The fourth-order valence-corrected chi connectivity index (χ4v) is 8.63. The Morgan fingerprint density at radius 1 is 1.05 bits per heavy atom. The van der Waals surface area contributed by atoms with Gasteiger partial charge in [0.2, 0.25) is 8.32 Å². The molecule has 0 bridgehead atoms. The monoisotopic (exact) mass is 306 g/mol. The predicted octanol–water partition coefficient (Wildman–Crippen LogP) is 2.07. The van der Waals surface area contributed by atoms with Gasteiger partial charge in [0.05, 0.1) is 13.7 Å². The molecule has 20 heavy (non-hydrogen) atoms. The van der Waals surface area contributed by atoms with Gasteiger partial charge in [-0.05, 0) is 16.6 Å². The van der Waals surface area contributed by atoms with Crippen LogP contribution in [0.5, 0.6) is 0 Å². The van der Waals surface area contributed by atoms with E-state index in [1.807, 2.05) is 0 Å². The van der Waals surface area contributed by atoms with Crippen LogP contribution in [0.4, 0.5) is 0 Å². The Balaban J connectivity index is 5.54. The molecule has 0 aliphatic heterocycles. The summed E-state index contributed by atoms with van der Waals surface area (Å²) in [5, 5.41) is 19.0. The molecule has 0 aromatic rings. The van der Waals surface area contributed by atoms with E-state index in [0.29, 0.717) is 0 Å². The Bertz CT molecular complexity index is 282. The zero-order valence-electron chi connectivity index (χ0n) is 13.7. The third kappa shape index (κ3) is 4.04. The largest absolute Gasteiger partial charge is 0.467 e. The van der Waals surface area contributed by atoms with Crippen LogP contribution in [-0.2, 0) is 14.0 Å². The molecule has 0 aromatic carbocycles. The van der Waals surface area contributed by atoms with E-state index in [4.69, 9.17) is 14.3 Å². The molecule has 0 heterocycles. The fourth-order valence-electron chi connectivity index (χ4n) is 3.12. The fraction of sp³-hybridized carbons (Fsp3) is 0.929. The number of esters is 1. The second kappa shape index (κ2) is 8.12. The van der Waals surface area contributed by atoms with Crippen LogP contribution in [0.1, 0.15) is 41.5 Å². The van der Waals surface area contributed by atoms with Crippen molar-refractivity contribution in [3.05, 3.63) is 0 Å². The average molecular weight is 306 g/mol. The highest BCUT2D eigenvalue weighted by atomic mass is 28.4. The normalized spacial score (nSPS) is 15.8. The lowest BCUT2D eigenvalue weighted by Gasteiger charge is -2.44. The number of aliphatic hydroxyl groups is 2. The molecule has 5 nitrogen and oxygen atoms in total. The maximum Gasteiger partial charge on any atom is 0.336 e. The summed E-state index contributed by atoms with van der Waals surface area (Å²) in [6.45, 7) is 12.0. The van der Waals surface area contributed by atoms with Gasteiger partial charge in [0, 0.05) is 0 Å². The molecular weight excluding hydrogens is 276 g/mol. The Morgan fingerprint density at radius 2 is 1.45 bits per heavy atom. The topological polar surface area (TPSA) is 76.0 Å². The maximum atomic E-state index is 11.9. The van der Waals surface area contributed by atoms with Crippen molar-refractivity contribution < 1.29 is 24.2 Å². The minimum atomic E-state index is -2.32. The van der Waals surface area contributed by atoms with E-state index >= 15 is 0 Å². The Morgan fingerprint density at radius 3 is 1.70 bits per heavy atom. The van der Waals surface area contributed by atoms with Crippen LogP contribution >= 0.6 is 0 Å². The van der Waals surface area contributed by atoms with Crippen LogP contribution in [0.2, 0.25) is 16.6 Å². The molecule has 2 atom stereocenters. The summed E-state index contributed by atoms with van der Waals surface area (Å²) < 4.78 is 10.9. The summed E-state index contributed by atoms with van der Waals surface area (Å²) in [6.07, 6.45) is -2.38. The van der Waals surface area contributed by atoms with Gasteiger partial charge in [-0.3, -0.25) is 0 Å². The number of carbonyl (C=O) groups is 1. The average Bonchev–Trinajstić information content (AvgIpc) is 2.37. The van der Waals surface area contributed by atoms with Crippen molar-refractivity contribution in [3.8, 4) is 0 Å². The lowest BCUT2D eigenvalue weighted by Crippen LogP contribution is -2.55. The van der Waals surface area contributed by atoms with E-state index in [1.54, 1.807) is 0 Å². The third-order valence-corrected chi connectivity index (χ3v) is 10.1. The summed E-state index contributed by atoms with van der Waals surface area (Å²) in [7, 11) is -1.06. The first-order valence-corrected chi connectivity index (χ1v) is 9.33. The zero-order chi connectivity index (χ0) is 16.1. The van der Waals surface area contributed by atoms with Crippen molar-refractivity contribution in [1.82, 2.24) is 0 Å². The summed E-state index contributed by atoms with van der Waals surface area (Å²) in [6, 6.07) is 0. The molecule has 2 N–H and O–H groups in total. The van der Waals surface area contributed by atoms with Gasteiger partial charge in [0.25, 0.3) is 0 Å². The molecule has 0 aliphatic rings. The molecule has 0 rings (SSSR count). The van der Waals surface area contributed by atoms with Gasteiger partial charge >= 0.3 is 5.97 Å². The first-order chi connectivity index (χ1) is 9.14. The van der Waals surface area contributed by atoms with Crippen molar-refractivity contribution in [2.75, 3.05) is 13.7 Å². The molecule has 0 aromatic heterocycles. The number of rotatable bonds is 8. The van der Waals surface area contributed by atoms with Gasteiger partial charge in [-0.1, -0.05) is 41.5 Å². The van der Waals surface area contributed by atoms with Gasteiger partial charge in [-0.25, -0.2) is 4.79 Å². The molecule has 120 valence electrons. The van der Waals surface area contributed by atoms with E-state index in [-0.39, 0.29) is 16.6 Å². The highest BCUT2D eigenvalue weighted by Crippen LogP contribution is 2.43. The molecule has 6 heteroatoms. The summed E-state index contributed by atoms with van der Waals surface area (Å²) >= 11 is 0. The lowest BCUT2D eigenvalue weighted by atomic mass is 10.2. The van der Waals surface area contributed by atoms with Gasteiger partial charge in [0.15, 0.2) is 6.10 Å². The van der Waals surface area contributed by atoms with Gasteiger partial charge < -0.3 is 19.4 Å². The van der Waals surface area contributed by atoms with E-state index in [2.05, 4.69) is 41.5 Å². The van der Waals surface area contributed by atoms with E-state index in [1.165, 1.54) is 7.11 Å². The van der Waals surface area contributed by atoms with Crippen molar-refractivity contribution >= 4 is 14.3 Å². The first-order valence-electron chi connectivity index (χ1n) is 7.19. The van der Waals surface area contributed by atoms with Crippen LogP contribution in [0.3, 0.4) is 0 Å². The third-order valence-electron chi connectivity index (χ3n) is 4.01. The summed E-state index contributed by atoms with van der Waals surface area (Å²) in [5.74, 6) is -0.634. The van der Waals surface area contributed by atoms with Gasteiger partial charge in [-0.15, -0.1) is 0 Å². The number of hydrogen-bond donors (Lipinski definition) is 2. The smallest absolute Gasteiger partial charge is 0.336 e. The molecule has 0 saturated carbocycles. The van der Waals surface area contributed by atoms with Crippen molar-refractivity contribution in [3.63, 3.8) is 0 Å². The molecule has 0 saturated heterocycles. The molecule has 0 radical (unpaired) electrons. The maximum absolute atomic E-state index is 11.9.